The van der Waals surface area contributed by atoms with E-state index in [2.05, 4.69) is 34.2 Å². The maximum Gasteiger partial charge on any atom is 0.337 e. The molecule has 3 aromatic carbocycles. The molecule has 2 aliphatic heterocycles. The molecule has 3 aromatic rings. The number of morpholine rings is 1. The van der Waals surface area contributed by atoms with Gasteiger partial charge < -0.3 is 24.4 Å². The molecule has 0 saturated carbocycles. The van der Waals surface area contributed by atoms with Crippen molar-refractivity contribution in [3.63, 3.8) is 0 Å². The molecule has 44 heavy (non-hydrogen) atoms. The second-order valence-electron chi connectivity index (χ2n) is 10.6. The van der Waals surface area contributed by atoms with Crippen molar-refractivity contribution in [2.75, 3.05) is 44.4 Å². The lowest BCUT2D eigenvalue weighted by molar-refractivity contribution is -0.139. The van der Waals surface area contributed by atoms with Crippen molar-refractivity contribution in [2.45, 2.75) is 26.7 Å². The van der Waals surface area contributed by atoms with Gasteiger partial charge in [0.1, 0.15) is 0 Å². The molecule has 1 saturated heterocycles. The lowest BCUT2D eigenvalue weighted by Gasteiger charge is -2.32. The third-order valence-corrected chi connectivity index (χ3v) is 7.78. The number of carbonyl (C=O) groups excluding carboxylic acids is 2. The van der Waals surface area contributed by atoms with Crippen molar-refractivity contribution in [1.82, 2.24) is 5.32 Å². The van der Waals surface area contributed by atoms with Gasteiger partial charge in [-0.15, -0.1) is 0 Å². The zero-order valence-electron chi connectivity index (χ0n) is 25.3. The van der Waals surface area contributed by atoms with Crippen LogP contribution in [0.5, 0.6) is 0 Å². The van der Waals surface area contributed by atoms with E-state index < -0.39 is 17.9 Å². The molecular formula is C37H38N2O5. The van der Waals surface area contributed by atoms with Gasteiger partial charge in [0.2, 0.25) is 0 Å². The number of carbonyl (C=O) groups is 2. The Balaban J connectivity index is 1.47. The number of rotatable bonds is 9. The number of aryl methyl sites for hydroxylation is 1. The lowest BCUT2D eigenvalue weighted by Crippen LogP contribution is -2.36. The van der Waals surface area contributed by atoms with Crippen LogP contribution in [0.15, 0.2) is 102 Å². The fourth-order valence-corrected chi connectivity index (χ4v) is 5.62. The molecule has 0 aromatic heterocycles. The van der Waals surface area contributed by atoms with Gasteiger partial charge >= 0.3 is 11.9 Å². The highest BCUT2D eigenvalue weighted by molar-refractivity contribution is 6.03. The number of hydrogen-bond donors (Lipinski definition) is 1. The van der Waals surface area contributed by atoms with E-state index >= 15 is 0 Å². The van der Waals surface area contributed by atoms with Gasteiger partial charge in [-0.2, -0.15) is 0 Å². The summed E-state index contributed by atoms with van der Waals surface area (Å²) in [6.45, 7) is 6.85. The first-order chi connectivity index (χ1) is 21.5. The van der Waals surface area contributed by atoms with Crippen LogP contribution in [-0.4, -0.2) is 51.5 Å². The normalized spacial score (nSPS) is 16.5. The Morgan fingerprint density at radius 2 is 1.55 bits per heavy atom. The van der Waals surface area contributed by atoms with Crippen LogP contribution in [0, 0.1) is 17.8 Å². The number of anilines is 1. The Bertz CT molecular complexity index is 1560. The standard InChI is InChI=1S/C37H38N2O5/c1-3-43-37(41)34-32(21-16-29-13-8-5-9-14-29)33(36(40)44-24-10-15-28-11-6-4-7-12-28)27(2)38-35(34)30-17-19-31(20-18-30)39-22-25-42-26-23-39/h4-9,11-14,17-20,32,38H,3,16,21-26H2,1-2H3. The van der Waals surface area contributed by atoms with Crippen LogP contribution in [0.1, 0.15) is 37.0 Å². The number of nitrogens with zero attached hydrogens (tertiary/aromatic N) is 1. The van der Waals surface area contributed by atoms with Gasteiger partial charge in [-0.25, -0.2) is 9.59 Å². The van der Waals surface area contributed by atoms with Crippen molar-refractivity contribution in [3.8, 4) is 11.8 Å². The number of esters is 2. The van der Waals surface area contributed by atoms with Gasteiger partial charge in [0.15, 0.2) is 6.61 Å². The van der Waals surface area contributed by atoms with Gasteiger partial charge in [-0.05, 0) is 62.1 Å². The average molecular weight is 591 g/mol. The fourth-order valence-electron chi connectivity index (χ4n) is 5.62. The van der Waals surface area contributed by atoms with Crippen LogP contribution >= 0.6 is 0 Å². The summed E-state index contributed by atoms with van der Waals surface area (Å²) in [7, 11) is 0. The largest absolute Gasteiger partial charge is 0.463 e. The summed E-state index contributed by atoms with van der Waals surface area (Å²) < 4.78 is 16.8. The van der Waals surface area contributed by atoms with Crippen molar-refractivity contribution in [3.05, 3.63) is 118 Å². The zero-order valence-corrected chi connectivity index (χ0v) is 25.3. The minimum Gasteiger partial charge on any atom is -0.463 e. The van der Waals surface area contributed by atoms with Crippen LogP contribution in [0.4, 0.5) is 5.69 Å². The van der Waals surface area contributed by atoms with Crippen LogP contribution in [0.25, 0.3) is 5.70 Å². The van der Waals surface area contributed by atoms with E-state index in [1.54, 1.807) is 6.92 Å². The highest BCUT2D eigenvalue weighted by Gasteiger charge is 2.38. The molecule has 0 radical (unpaired) electrons. The van der Waals surface area contributed by atoms with Crippen LogP contribution in [-0.2, 0) is 30.2 Å². The number of ether oxygens (including phenoxy) is 3. The van der Waals surface area contributed by atoms with Crippen molar-refractivity contribution < 1.29 is 23.8 Å². The maximum atomic E-state index is 13.7. The van der Waals surface area contributed by atoms with Crippen LogP contribution < -0.4 is 10.2 Å². The quantitative estimate of drug-likeness (QED) is 0.260. The molecule has 0 aliphatic carbocycles. The second-order valence-corrected chi connectivity index (χ2v) is 10.6. The topological polar surface area (TPSA) is 77.1 Å². The van der Waals surface area contributed by atoms with E-state index in [4.69, 9.17) is 14.2 Å². The molecule has 2 aliphatic rings. The molecule has 1 N–H and O–H groups in total. The van der Waals surface area contributed by atoms with Gasteiger partial charge in [-0.3, -0.25) is 0 Å². The Labute approximate surface area is 259 Å². The summed E-state index contributed by atoms with van der Waals surface area (Å²) in [5.74, 6) is 4.45. The molecule has 1 atom stereocenters. The van der Waals surface area contributed by atoms with E-state index in [0.29, 0.717) is 48.6 Å². The SMILES string of the molecule is CCOC(=O)C1=C(c2ccc(N3CCOCC3)cc2)NC(C)=C(C(=O)OCC#Cc2ccccc2)C1CCc1ccccc1. The van der Waals surface area contributed by atoms with E-state index in [-0.39, 0.29) is 13.2 Å². The van der Waals surface area contributed by atoms with E-state index in [9.17, 15) is 9.59 Å². The Morgan fingerprint density at radius 3 is 2.23 bits per heavy atom. The molecule has 0 amide bonds. The third kappa shape index (κ3) is 7.58. The second kappa shape index (κ2) is 15.1. The smallest absolute Gasteiger partial charge is 0.337 e. The summed E-state index contributed by atoms with van der Waals surface area (Å²) >= 11 is 0. The van der Waals surface area contributed by atoms with Crippen LogP contribution in [0.2, 0.25) is 0 Å². The molecule has 0 spiro atoms. The molecule has 5 rings (SSSR count). The number of benzene rings is 3. The lowest BCUT2D eigenvalue weighted by atomic mass is 9.80. The monoisotopic (exact) mass is 590 g/mol. The van der Waals surface area contributed by atoms with E-state index in [1.165, 1.54) is 0 Å². The van der Waals surface area contributed by atoms with Crippen molar-refractivity contribution in [2.24, 2.45) is 5.92 Å². The first-order valence-corrected chi connectivity index (χ1v) is 15.1. The molecule has 226 valence electrons. The molecule has 1 unspecified atom stereocenters. The Kier molecular flexibility index (Phi) is 10.5. The Morgan fingerprint density at radius 1 is 0.886 bits per heavy atom. The summed E-state index contributed by atoms with van der Waals surface area (Å²) in [6, 6.07) is 27.7. The summed E-state index contributed by atoms with van der Waals surface area (Å²) in [5, 5.41) is 3.38. The fraction of sp³-hybridized carbons (Fsp3) is 0.297. The van der Waals surface area contributed by atoms with Crippen molar-refractivity contribution in [1.29, 1.82) is 0 Å². The van der Waals surface area contributed by atoms with Gasteiger partial charge in [0.05, 0.1) is 36.7 Å². The van der Waals surface area contributed by atoms with E-state index in [0.717, 1.165) is 35.5 Å². The predicted molar refractivity (Wildman–Crippen MR) is 171 cm³/mol. The Hall–Kier alpha value is -4.80. The van der Waals surface area contributed by atoms with Gasteiger partial charge in [0, 0.05) is 36.0 Å². The third-order valence-electron chi connectivity index (χ3n) is 7.78. The minimum absolute atomic E-state index is 0.0653. The first-order valence-electron chi connectivity index (χ1n) is 15.1. The predicted octanol–water partition coefficient (Wildman–Crippen LogP) is 5.52. The number of nitrogens with one attached hydrogen (secondary N) is 1. The highest BCUT2D eigenvalue weighted by atomic mass is 16.5. The number of dihydropyridines is 1. The molecule has 2 heterocycles. The minimum atomic E-state index is -0.543. The molecule has 7 heteroatoms. The van der Waals surface area contributed by atoms with Gasteiger partial charge in [0.25, 0.3) is 0 Å². The van der Waals surface area contributed by atoms with Gasteiger partial charge in [-0.1, -0.05) is 72.5 Å². The maximum absolute atomic E-state index is 13.7. The first kappa shape index (κ1) is 30.7. The molecule has 7 nitrogen and oxygen atoms in total. The number of allylic oxidation sites excluding steroid dienone is 1. The summed E-state index contributed by atoms with van der Waals surface area (Å²) in [4.78, 5) is 29.6. The highest BCUT2D eigenvalue weighted by Crippen LogP contribution is 2.38. The molecule has 1 fully saturated rings. The van der Waals surface area contributed by atoms with E-state index in [1.807, 2.05) is 79.7 Å². The van der Waals surface area contributed by atoms with Crippen LogP contribution in [0.3, 0.4) is 0 Å². The summed E-state index contributed by atoms with van der Waals surface area (Å²) in [5.41, 5.74) is 6.03. The summed E-state index contributed by atoms with van der Waals surface area (Å²) in [6.07, 6.45) is 1.18. The molecular weight excluding hydrogens is 552 g/mol. The van der Waals surface area contributed by atoms with Crippen molar-refractivity contribution >= 4 is 23.3 Å². The zero-order chi connectivity index (χ0) is 30.7. The average Bonchev–Trinajstić information content (AvgIpc) is 3.07. The molecule has 0 bridgehead atoms. The number of hydrogen-bond acceptors (Lipinski definition) is 7.